The molecule has 2 rings (SSSR count). The van der Waals surface area contributed by atoms with Crippen LogP contribution in [0.15, 0.2) is 29.4 Å². The molecule has 1 aliphatic rings. The van der Waals surface area contributed by atoms with Crippen molar-refractivity contribution in [2.75, 3.05) is 18.5 Å². The monoisotopic (exact) mass is 343 g/mol. The fraction of sp³-hybridized carbons (Fsp3) is 0.500. The van der Waals surface area contributed by atoms with Crippen molar-refractivity contribution in [2.45, 2.75) is 44.6 Å². The second kappa shape index (κ2) is 9.89. The minimum absolute atomic E-state index is 0.484. The first-order valence-corrected chi connectivity index (χ1v) is 8.87. The van der Waals surface area contributed by atoms with Gasteiger partial charge in [-0.25, -0.2) is 0 Å². The van der Waals surface area contributed by atoms with Crippen molar-refractivity contribution < 1.29 is 0 Å². The third-order valence-corrected chi connectivity index (χ3v) is 4.42. The van der Waals surface area contributed by atoms with Crippen LogP contribution in [0, 0.1) is 11.3 Å². The third kappa shape index (κ3) is 6.17. The van der Waals surface area contributed by atoms with Crippen LogP contribution in [0.3, 0.4) is 0 Å². The van der Waals surface area contributed by atoms with Crippen LogP contribution >= 0.6 is 12.2 Å². The highest BCUT2D eigenvalue weighted by Gasteiger charge is 2.13. The minimum atomic E-state index is 0.484. The fourth-order valence-electron chi connectivity index (χ4n) is 2.79. The summed E-state index contributed by atoms with van der Waals surface area (Å²) < 4.78 is 0. The van der Waals surface area contributed by atoms with Crippen molar-refractivity contribution in [1.29, 1.82) is 5.26 Å². The molecule has 1 aromatic rings. The van der Waals surface area contributed by atoms with Gasteiger partial charge in [-0.3, -0.25) is 5.43 Å². The molecule has 1 fully saturated rings. The first kappa shape index (κ1) is 18.2. The molecule has 5 nitrogen and oxygen atoms in total. The van der Waals surface area contributed by atoms with Gasteiger partial charge in [-0.1, -0.05) is 31.4 Å². The summed E-state index contributed by atoms with van der Waals surface area (Å²) in [4.78, 5) is 2.06. The van der Waals surface area contributed by atoms with Crippen molar-refractivity contribution in [3.63, 3.8) is 0 Å². The maximum absolute atomic E-state index is 8.63. The van der Waals surface area contributed by atoms with Crippen LogP contribution in [0.5, 0.6) is 0 Å². The van der Waals surface area contributed by atoms with Crippen molar-refractivity contribution in [3.05, 3.63) is 29.8 Å². The average Bonchev–Trinajstić information content (AvgIpc) is 2.61. The highest BCUT2D eigenvalue weighted by molar-refractivity contribution is 7.80. The Kier molecular flexibility index (Phi) is 7.50. The van der Waals surface area contributed by atoms with E-state index in [4.69, 9.17) is 17.5 Å². The SMILES string of the molecule is CN(CCC#N)c1ccc(/C=N\NC(=S)NC2CCCCC2)cc1. The predicted octanol–water partition coefficient (Wildman–Crippen LogP) is 3.17. The smallest absolute Gasteiger partial charge is 0.187 e. The number of nitrogens with one attached hydrogen (secondary N) is 2. The number of thiocarbonyl (C=S) groups is 1. The maximum atomic E-state index is 8.63. The van der Waals surface area contributed by atoms with Gasteiger partial charge in [0.25, 0.3) is 0 Å². The van der Waals surface area contributed by atoms with Crippen LogP contribution in [0.4, 0.5) is 5.69 Å². The van der Waals surface area contributed by atoms with Crippen LogP contribution in [0.25, 0.3) is 0 Å². The summed E-state index contributed by atoms with van der Waals surface area (Å²) >= 11 is 5.28. The maximum Gasteiger partial charge on any atom is 0.187 e. The number of hydrogen-bond acceptors (Lipinski definition) is 4. The number of nitriles is 1. The Hall–Kier alpha value is -2.13. The summed E-state index contributed by atoms with van der Waals surface area (Å²) in [5, 5.41) is 16.7. The van der Waals surface area contributed by atoms with Crippen LogP contribution in [-0.2, 0) is 0 Å². The first-order chi connectivity index (χ1) is 11.7. The zero-order valence-electron chi connectivity index (χ0n) is 14.2. The molecule has 0 atom stereocenters. The summed E-state index contributed by atoms with van der Waals surface area (Å²) in [7, 11) is 1.98. The highest BCUT2D eigenvalue weighted by atomic mass is 32.1. The Bertz CT molecular complexity index is 584. The van der Waals surface area contributed by atoms with E-state index in [2.05, 4.69) is 26.8 Å². The minimum Gasteiger partial charge on any atom is -0.374 e. The van der Waals surface area contributed by atoms with Gasteiger partial charge in [0, 0.05) is 25.3 Å². The van der Waals surface area contributed by atoms with Crippen molar-refractivity contribution in [2.24, 2.45) is 5.10 Å². The zero-order chi connectivity index (χ0) is 17.2. The Balaban J connectivity index is 1.77. The van der Waals surface area contributed by atoms with Gasteiger partial charge < -0.3 is 10.2 Å². The number of hydrazone groups is 1. The standard InChI is InChI=1S/C18H25N5S/c1-23(13-5-12-19)17-10-8-15(9-11-17)14-20-22-18(24)21-16-6-3-2-4-7-16/h8-11,14,16H,2-7,13H2,1H3,(H2,21,22,24)/b20-14-. The Morgan fingerprint density at radius 2 is 2.04 bits per heavy atom. The molecular weight excluding hydrogens is 318 g/mol. The molecule has 1 aliphatic carbocycles. The van der Waals surface area contributed by atoms with Gasteiger partial charge in [0.2, 0.25) is 0 Å². The van der Waals surface area contributed by atoms with E-state index in [1.807, 2.05) is 31.3 Å². The van der Waals surface area contributed by atoms with Crippen molar-refractivity contribution in [3.8, 4) is 6.07 Å². The van der Waals surface area contributed by atoms with Crippen molar-refractivity contribution in [1.82, 2.24) is 10.7 Å². The van der Waals surface area contributed by atoms with Gasteiger partial charge in [0.1, 0.15) is 0 Å². The number of hydrogen-bond donors (Lipinski definition) is 2. The van der Waals surface area contributed by atoms with Gasteiger partial charge in [0.05, 0.1) is 18.7 Å². The van der Waals surface area contributed by atoms with E-state index >= 15 is 0 Å². The van der Waals surface area contributed by atoms with Gasteiger partial charge in [0.15, 0.2) is 5.11 Å². The highest BCUT2D eigenvalue weighted by Crippen LogP contribution is 2.17. The molecule has 0 radical (unpaired) electrons. The van der Waals surface area contributed by atoms with Gasteiger partial charge in [-0.15, -0.1) is 0 Å². The lowest BCUT2D eigenvalue weighted by atomic mass is 9.96. The molecule has 0 unspecified atom stereocenters. The molecule has 0 aromatic heterocycles. The fourth-order valence-corrected chi connectivity index (χ4v) is 3.01. The summed E-state index contributed by atoms with van der Waals surface area (Å²) in [5.41, 5.74) is 4.98. The molecule has 128 valence electrons. The Labute approximate surface area is 149 Å². The largest absolute Gasteiger partial charge is 0.374 e. The van der Waals surface area contributed by atoms with Gasteiger partial charge >= 0.3 is 0 Å². The van der Waals surface area contributed by atoms with Crippen molar-refractivity contribution >= 4 is 29.2 Å². The van der Waals surface area contributed by atoms with Crippen LogP contribution < -0.4 is 15.6 Å². The van der Waals surface area contributed by atoms with E-state index in [-0.39, 0.29) is 0 Å². The topological polar surface area (TPSA) is 63.5 Å². The van der Waals surface area contributed by atoms with E-state index in [1.165, 1.54) is 32.1 Å². The lowest BCUT2D eigenvalue weighted by molar-refractivity contribution is 0.412. The number of nitrogens with zero attached hydrogens (tertiary/aromatic N) is 3. The van der Waals surface area contributed by atoms with Crippen LogP contribution in [-0.4, -0.2) is 31.0 Å². The Morgan fingerprint density at radius 3 is 2.71 bits per heavy atom. The molecule has 0 saturated heterocycles. The number of anilines is 1. The zero-order valence-corrected chi connectivity index (χ0v) is 15.0. The normalized spacial score (nSPS) is 15.0. The molecule has 1 saturated carbocycles. The molecule has 6 heteroatoms. The molecule has 0 bridgehead atoms. The molecule has 24 heavy (non-hydrogen) atoms. The summed E-state index contributed by atoms with van der Waals surface area (Å²) in [6, 6.07) is 10.7. The molecule has 1 aromatic carbocycles. The second-order valence-electron chi connectivity index (χ2n) is 6.10. The predicted molar refractivity (Wildman–Crippen MR) is 103 cm³/mol. The van der Waals surface area contributed by atoms with E-state index < -0.39 is 0 Å². The second-order valence-corrected chi connectivity index (χ2v) is 6.51. The van der Waals surface area contributed by atoms with Crippen LogP contribution in [0.1, 0.15) is 44.1 Å². The van der Waals surface area contributed by atoms with E-state index in [0.29, 0.717) is 17.6 Å². The molecular formula is C18H25N5S. The van der Waals surface area contributed by atoms with Crippen LogP contribution in [0.2, 0.25) is 0 Å². The van der Waals surface area contributed by atoms with E-state index in [1.54, 1.807) is 6.21 Å². The van der Waals surface area contributed by atoms with E-state index in [9.17, 15) is 0 Å². The van der Waals surface area contributed by atoms with Gasteiger partial charge in [-0.2, -0.15) is 10.4 Å². The van der Waals surface area contributed by atoms with Gasteiger partial charge in [-0.05, 0) is 42.8 Å². The summed E-state index contributed by atoms with van der Waals surface area (Å²) in [6.45, 7) is 0.729. The first-order valence-electron chi connectivity index (χ1n) is 8.47. The molecule has 0 spiro atoms. The quantitative estimate of drug-likeness (QED) is 0.472. The van der Waals surface area contributed by atoms with E-state index in [0.717, 1.165) is 17.8 Å². The third-order valence-electron chi connectivity index (χ3n) is 4.21. The number of benzene rings is 1. The Morgan fingerprint density at radius 1 is 1.33 bits per heavy atom. The molecule has 0 heterocycles. The molecule has 0 amide bonds. The molecule has 0 aliphatic heterocycles. The molecule has 2 N–H and O–H groups in total. The average molecular weight is 344 g/mol. The lowest BCUT2D eigenvalue weighted by Gasteiger charge is -2.23. The summed E-state index contributed by atoms with van der Waals surface area (Å²) in [6.07, 6.45) is 8.54. The summed E-state index contributed by atoms with van der Waals surface area (Å²) in [5.74, 6) is 0. The number of rotatable bonds is 6. The lowest BCUT2D eigenvalue weighted by Crippen LogP contribution is -2.40.